The van der Waals surface area contributed by atoms with Crippen LogP contribution in [0, 0.1) is 13.8 Å². The van der Waals surface area contributed by atoms with E-state index in [4.69, 9.17) is 0 Å². The van der Waals surface area contributed by atoms with Crippen LogP contribution in [0.2, 0.25) is 0 Å². The molecule has 0 aliphatic rings. The van der Waals surface area contributed by atoms with Crippen molar-refractivity contribution in [3.63, 3.8) is 0 Å². The Labute approximate surface area is 201 Å². The number of carbonyl (C=O) groups excluding carboxylic acids is 2. The second-order valence-electron chi connectivity index (χ2n) is 7.82. The zero-order chi connectivity index (χ0) is 25.1. The molecular formula is C26H32N6O2. The van der Waals surface area contributed by atoms with E-state index in [1.807, 2.05) is 62.4 Å². The van der Waals surface area contributed by atoms with Gasteiger partial charge in [0.05, 0.1) is 35.9 Å². The van der Waals surface area contributed by atoms with Gasteiger partial charge in [-0.05, 0) is 51.0 Å². The first kappa shape index (κ1) is 26.3. The molecule has 0 saturated heterocycles. The maximum absolute atomic E-state index is 12.1. The molecule has 2 rings (SSSR count). The molecule has 2 N–H and O–H groups in total. The van der Waals surface area contributed by atoms with Crippen molar-refractivity contribution in [1.29, 1.82) is 0 Å². The van der Waals surface area contributed by atoms with Crippen LogP contribution in [0.25, 0.3) is 0 Å². The van der Waals surface area contributed by atoms with Crippen LogP contribution in [0.5, 0.6) is 0 Å². The zero-order valence-corrected chi connectivity index (χ0v) is 20.6. The molecule has 2 aromatic rings. The number of hydrogen-bond donors (Lipinski definition) is 2. The van der Waals surface area contributed by atoms with Crippen LogP contribution in [0.1, 0.15) is 38.8 Å². The SMILES string of the molecule is CC(=O)/C(=N\Nc1ccccc1C)C(C)=NCCN=C(C)/C(=N/Nc1ccccc1C)C(C)=O. The first-order chi connectivity index (χ1) is 16.2. The number of aliphatic imine (C=N–C) groups is 2. The maximum Gasteiger partial charge on any atom is 0.181 e. The van der Waals surface area contributed by atoms with Crippen LogP contribution in [0.4, 0.5) is 11.4 Å². The van der Waals surface area contributed by atoms with Crippen LogP contribution in [0.15, 0.2) is 68.7 Å². The Morgan fingerprint density at radius 1 is 0.647 bits per heavy atom. The van der Waals surface area contributed by atoms with E-state index in [-0.39, 0.29) is 23.0 Å². The summed E-state index contributed by atoms with van der Waals surface area (Å²) in [7, 11) is 0. The first-order valence-electron chi connectivity index (χ1n) is 11.0. The number of hydrazone groups is 2. The standard InChI is InChI=1S/C26H32N6O2/c1-17-11-7-9-13-23(17)29-31-25(21(5)33)19(3)27-15-16-28-20(4)26(22(6)34)32-30-24-14-10-8-12-18(24)2/h7-14,29-30H,15-16H2,1-6H3/b27-19?,28-20?,31-25-,32-26-. The summed E-state index contributed by atoms with van der Waals surface area (Å²) in [6, 6.07) is 15.4. The van der Waals surface area contributed by atoms with Crippen molar-refractivity contribution in [2.24, 2.45) is 20.2 Å². The molecule has 0 aromatic heterocycles. The minimum atomic E-state index is -0.185. The lowest BCUT2D eigenvalue weighted by Crippen LogP contribution is -2.22. The number of nitrogens with one attached hydrogen (secondary N) is 2. The summed E-state index contributed by atoms with van der Waals surface area (Å²) in [6.07, 6.45) is 0. The predicted molar refractivity (Wildman–Crippen MR) is 142 cm³/mol. The van der Waals surface area contributed by atoms with Crippen molar-refractivity contribution in [2.75, 3.05) is 23.9 Å². The maximum atomic E-state index is 12.1. The third-order valence-corrected chi connectivity index (χ3v) is 5.02. The van der Waals surface area contributed by atoms with Gasteiger partial charge >= 0.3 is 0 Å². The Hall–Kier alpha value is -3.94. The molecule has 0 aliphatic carbocycles. The summed E-state index contributed by atoms with van der Waals surface area (Å²) in [5.74, 6) is -0.370. The highest BCUT2D eigenvalue weighted by molar-refractivity contribution is 6.67. The average Bonchev–Trinajstić information content (AvgIpc) is 2.79. The highest BCUT2D eigenvalue weighted by Crippen LogP contribution is 2.14. The lowest BCUT2D eigenvalue weighted by molar-refractivity contribution is -0.111. The van der Waals surface area contributed by atoms with E-state index in [9.17, 15) is 9.59 Å². The number of ketones is 2. The van der Waals surface area contributed by atoms with Gasteiger partial charge in [0.25, 0.3) is 0 Å². The van der Waals surface area contributed by atoms with Gasteiger partial charge in [0.15, 0.2) is 11.6 Å². The van der Waals surface area contributed by atoms with E-state index in [1.165, 1.54) is 13.8 Å². The van der Waals surface area contributed by atoms with Crippen molar-refractivity contribution in [3.05, 3.63) is 59.7 Å². The van der Waals surface area contributed by atoms with Crippen LogP contribution in [0.3, 0.4) is 0 Å². The Balaban J connectivity index is 2.06. The van der Waals surface area contributed by atoms with Gasteiger partial charge in [-0.2, -0.15) is 10.2 Å². The normalized spacial score (nSPS) is 13.0. The average molecular weight is 461 g/mol. The van der Waals surface area contributed by atoms with Gasteiger partial charge in [0, 0.05) is 13.8 Å². The van der Waals surface area contributed by atoms with Gasteiger partial charge in [0.1, 0.15) is 11.4 Å². The fourth-order valence-electron chi connectivity index (χ4n) is 3.04. The summed E-state index contributed by atoms with van der Waals surface area (Å²) >= 11 is 0. The number of anilines is 2. The van der Waals surface area contributed by atoms with Gasteiger partial charge < -0.3 is 0 Å². The summed E-state index contributed by atoms with van der Waals surface area (Å²) in [4.78, 5) is 33.0. The number of benzene rings is 2. The lowest BCUT2D eigenvalue weighted by Gasteiger charge is -2.08. The Morgan fingerprint density at radius 2 is 1.00 bits per heavy atom. The molecule has 8 nitrogen and oxygen atoms in total. The largest absolute Gasteiger partial charge is 0.293 e. The Kier molecular flexibility index (Phi) is 10.0. The number of aryl methyl sites for hydroxylation is 2. The van der Waals surface area contributed by atoms with E-state index in [0.717, 1.165) is 22.5 Å². The highest BCUT2D eigenvalue weighted by Gasteiger charge is 2.12. The summed E-state index contributed by atoms with van der Waals surface area (Å²) < 4.78 is 0. The molecule has 34 heavy (non-hydrogen) atoms. The number of para-hydroxylation sites is 2. The minimum absolute atomic E-state index is 0.185. The molecule has 0 unspecified atom stereocenters. The molecule has 0 radical (unpaired) electrons. The smallest absolute Gasteiger partial charge is 0.181 e. The Bertz CT molecular complexity index is 1070. The second-order valence-corrected chi connectivity index (χ2v) is 7.82. The van der Waals surface area contributed by atoms with Crippen LogP contribution in [-0.4, -0.2) is 47.5 Å². The fraction of sp³-hybridized carbons (Fsp3) is 0.308. The summed E-state index contributed by atoms with van der Waals surface area (Å²) in [5.41, 5.74) is 11.1. The van der Waals surface area contributed by atoms with Crippen molar-refractivity contribution >= 4 is 45.8 Å². The molecule has 0 amide bonds. The molecule has 2 aromatic carbocycles. The van der Waals surface area contributed by atoms with Crippen LogP contribution < -0.4 is 10.9 Å². The summed E-state index contributed by atoms with van der Waals surface area (Å²) in [6.45, 7) is 11.0. The van der Waals surface area contributed by atoms with E-state index < -0.39 is 0 Å². The third kappa shape index (κ3) is 7.88. The molecular weight excluding hydrogens is 428 g/mol. The van der Waals surface area contributed by atoms with Crippen LogP contribution in [-0.2, 0) is 9.59 Å². The quantitative estimate of drug-likeness (QED) is 0.289. The topological polar surface area (TPSA) is 108 Å². The van der Waals surface area contributed by atoms with Gasteiger partial charge in [-0.25, -0.2) is 0 Å². The number of hydrogen-bond acceptors (Lipinski definition) is 8. The molecule has 0 aliphatic heterocycles. The summed E-state index contributed by atoms with van der Waals surface area (Å²) in [5, 5.41) is 8.52. The van der Waals surface area contributed by atoms with E-state index in [1.54, 1.807) is 13.8 Å². The third-order valence-electron chi connectivity index (χ3n) is 5.02. The lowest BCUT2D eigenvalue weighted by atomic mass is 10.2. The van der Waals surface area contributed by atoms with Crippen LogP contribution >= 0.6 is 0 Å². The fourth-order valence-corrected chi connectivity index (χ4v) is 3.04. The monoisotopic (exact) mass is 460 g/mol. The van der Waals surface area contributed by atoms with Crippen molar-refractivity contribution in [1.82, 2.24) is 0 Å². The Morgan fingerprint density at radius 3 is 1.32 bits per heavy atom. The molecule has 0 heterocycles. The molecule has 0 fully saturated rings. The number of carbonyl (C=O) groups is 2. The van der Waals surface area contributed by atoms with Gasteiger partial charge in [-0.15, -0.1) is 0 Å². The molecule has 8 heteroatoms. The highest BCUT2D eigenvalue weighted by atomic mass is 16.1. The van der Waals surface area contributed by atoms with Gasteiger partial charge in [-0.3, -0.25) is 30.4 Å². The van der Waals surface area contributed by atoms with Gasteiger partial charge in [0.2, 0.25) is 0 Å². The predicted octanol–water partition coefficient (Wildman–Crippen LogP) is 4.64. The number of nitrogens with zero attached hydrogens (tertiary/aromatic N) is 4. The molecule has 0 bridgehead atoms. The van der Waals surface area contributed by atoms with E-state index >= 15 is 0 Å². The molecule has 0 saturated carbocycles. The number of Topliss-reactive ketones (excluding diaryl/α,β-unsaturated/α-hetero) is 2. The minimum Gasteiger partial charge on any atom is -0.293 e. The van der Waals surface area contributed by atoms with E-state index in [2.05, 4.69) is 31.0 Å². The molecule has 0 atom stereocenters. The first-order valence-corrected chi connectivity index (χ1v) is 11.0. The molecule has 0 spiro atoms. The van der Waals surface area contributed by atoms with Gasteiger partial charge in [-0.1, -0.05) is 36.4 Å². The molecule has 178 valence electrons. The van der Waals surface area contributed by atoms with Crippen molar-refractivity contribution in [2.45, 2.75) is 41.5 Å². The number of rotatable bonds is 11. The van der Waals surface area contributed by atoms with Crippen molar-refractivity contribution < 1.29 is 9.59 Å². The zero-order valence-electron chi connectivity index (χ0n) is 20.6. The second kappa shape index (κ2) is 12.9. The van der Waals surface area contributed by atoms with Crippen molar-refractivity contribution in [3.8, 4) is 0 Å². The van der Waals surface area contributed by atoms with E-state index in [0.29, 0.717) is 24.5 Å².